The van der Waals surface area contributed by atoms with Crippen LogP contribution in [0.25, 0.3) is 0 Å². The average Bonchev–Trinajstić information content (AvgIpc) is 2.90. The fraction of sp³-hybridized carbons (Fsp3) is 0.692. The molecule has 0 bridgehead atoms. The van der Waals surface area contributed by atoms with Crippen molar-refractivity contribution in [2.45, 2.75) is 26.2 Å². The van der Waals surface area contributed by atoms with Gasteiger partial charge >= 0.3 is 0 Å². The lowest BCUT2D eigenvalue weighted by molar-refractivity contribution is 0.232. The van der Waals surface area contributed by atoms with Gasteiger partial charge in [-0.15, -0.1) is 0 Å². The third-order valence-corrected chi connectivity index (χ3v) is 3.05. The number of hydrogen-bond donors (Lipinski definition) is 1. The van der Waals surface area contributed by atoms with Crippen molar-refractivity contribution in [3.05, 3.63) is 12.4 Å². The Morgan fingerprint density at radius 3 is 2.94 bits per heavy atom. The topological polar surface area (TPSA) is 50.3 Å². The van der Waals surface area contributed by atoms with E-state index in [1.165, 1.54) is 25.9 Å². The van der Waals surface area contributed by atoms with Crippen LogP contribution in [0, 0.1) is 0 Å². The van der Waals surface area contributed by atoms with Gasteiger partial charge in [-0.1, -0.05) is 6.92 Å². The van der Waals surface area contributed by atoms with Crippen molar-refractivity contribution in [2.24, 2.45) is 0 Å². The van der Waals surface area contributed by atoms with E-state index in [9.17, 15) is 0 Å². The van der Waals surface area contributed by atoms with Crippen LogP contribution >= 0.6 is 0 Å². The van der Waals surface area contributed by atoms with E-state index >= 15 is 0 Å². The van der Waals surface area contributed by atoms with E-state index in [2.05, 4.69) is 27.1 Å². The molecule has 1 saturated heterocycles. The monoisotopic (exact) mass is 250 g/mol. The summed E-state index contributed by atoms with van der Waals surface area (Å²) in [6.07, 6.45) is 5.26. The zero-order valence-corrected chi connectivity index (χ0v) is 11.1. The van der Waals surface area contributed by atoms with Crippen LogP contribution in [0.15, 0.2) is 12.4 Å². The van der Waals surface area contributed by atoms with Gasteiger partial charge in [-0.2, -0.15) is 0 Å². The van der Waals surface area contributed by atoms with Gasteiger partial charge in [0.2, 0.25) is 5.88 Å². The molecule has 5 heteroatoms. The predicted molar refractivity (Wildman–Crippen MR) is 72.0 cm³/mol. The van der Waals surface area contributed by atoms with Gasteiger partial charge in [0, 0.05) is 19.2 Å². The molecule has 18 heavy (non-hydrogen) atoms. The molecule has 0 spiro atoms. The summed E-state index contributed by atoms with van der Waals surface area (Å²) in [5.74, 6) is 1.49. The zero-order chi connectivity index (χ0) is 12.6. The minimum atomic E-state index is 0.655. The summed E-state index contributed by atoms with van der Waals surface area (Å²) in [6, 6.07) is 1.86. The standard InChI is InChI=1S/C13H22N4O/c1-2-5-14-12-10-13(16-11-15-12)18-9-8-17-6-3-4-7-17/h10-11H,2-9H2,1H3,(H,14,15,16). The molecule has 0 aromatic carbocycles. The summed E-state index contributed by atoms with van der Waals surface area (Å²) in [4.78, 5) is 10.7. The number of hydrogen-bond acceptors (Lipinski definition) is 5. The molecule has 0 amide bonds. The van der Waals surface area contributed by atoms with Gasteiger partial charge < -0.3 is 10.1 Å². The summed E-state index contributed by atoms with van der Waals surface area (Å²) in [7, 11) is 0. The number of nitrogens with one attached hydrogen (secondary N) is 1. The van der Waals surface area contributed by atoms with Crippen molar-refractivity contribution in [1.29, 1.82) is 0 Å². The van der Waals surface area contributed by atoms with Crippen LogP contribution in [0.1, 0.15) is 26.2 Å². The minimum Gasteiger partial charge on any atom is -0.476 e. The second kappa shape index (κ2) is 7.16. The first kappa shape index (κ1) is 13.1. The highest BCUT2D eigenvalue weighted by Gasteiger charge is 2.10. The lowest BCUT2D eigenvalue weighted by Crippen LogP contribution is -2.25. The van der Waals surface area contributed by atoms with Crippen molar-refractivity contribution in [3.8, 4) is 5.88 Å². The Morgan fingerprint density at radius 1 is 1.33 bits per heavy atom. The van der Waals surface area contributed by atoms with Crippen molar-refractivity contribution in [2.75, 3.05) is 38.1 Å². The molecular formula is C13H22N4O. The minimum absolute atomic E-state index is 0.655. The molecule has 1 aromatic rings. The van der Waals surface area contributed by atoms with Crippen LogP contribution in [-0.4, -0.2) is 47.7 Å². The summed E-state index contributed by atoms with van der Waals surface area (Å²) in [5, 5.41) is 3.22. The zero-order valence-electron chi connectivity index (χ0n) is 11.1. The third kappa shape index (κ3) is 4.14. The number of ether oxygens (including phenoxy) is 1. The second-order valence-electron chi connectivity index (χ2n) is 4.57. The maximum absolute atomic E-state index is 5.66. The van der Waals surface area contributed by atoms with Gasteiger partial charge in [0.1, 0.15) is 18.8 Å². The average molecular weight is 250 g/mol. The third-order valence-electron chi connectivity index (χ3n) is 3.05. The van der Waals surface area contributed by atoms with Crippen molar-refractivity contribution >= 4 is 5.82 Å². The number of aromatic nitrogens is 2. The molecule has 1 aliphatic heterocycles. The lowest BCUT2D eigenvalue weighted by atomic mass is 10.4. The van der Waals surface area contributed by atoms with Gasteiger partial charge in [-0.25, -0.2) is 9.97 Å². The number of likely N-dealkylation sites (tertiary alicyclic amines) is 1. The first-order valence-electron chi connectivity index (χ1n) is 6.79. The van der Waals surface area contributed by atoms with E-state index in [1.54, 1.807) is 6.33 Å². The molecule has 2 rings (SSSR count). The van der Waals surface area contributed by atoms with Crippen molar-refractivity contribution in [1.82, 2.24) is 14.9 Å². The maximum Gasteiger partial charge on any atom is 0.218 e. The van der Waals surface area contributed by atoms with Crippen LogP contribution in [0.3, 0.4) is 0 Å². The SMILES string of the molecule is CCCNc1cc(OCCN2CCCC2)ncn1. The fourth-order valence-corrected chi connectivity index (χ4v) is 2.05. The summed E-state index contributed by atoms with van der Waals surface area (Å²) in [6.45, 7) is 7.14. The molecule has 5 nitrogen and oxygen atoms in total. The molecular weight excluding hydrogens is 228 g/mol. The summed E-state index contributed by atoms with van der Waals surface area (Å²) < 4.78 is 5.66. The fourth-order valence-electron chi connectivity index (χ4n) is 2.05. The van der Waals surface area contributed by atoms with Crippen LogP contribution in [0.2, 0.25) is 0 Å². The predicted octanol–water partition coefficient (Wildman–Crippen LogP) is 1.77. The molecule has 2 heterocycles. The molecule has 0 unspecified atom stereocenters. The van der Waals surface area contributed by atoms with E-state index in [4.69, 9.17) is 4.74 Å². The van der Waals surface area contributed by atoms with Crippen molar-refractivity contribution < 1.29 is 4.74 Å². The van der Waals surface area contributed by atoms with Crippen LogP contribution in [-0.2, 0) is 0 Å². The van der Waals surface area contributed by atoms with E-state index in [0.29, 0.717) is 12.5 Å². The Bertz CT molecular complexity index is 353. The quantitative estimate of drug-likeness (QED) is 0.799. The van der Waals surface area contributed by atoms with E-state index in [1.807, 2.05) is 6.07 Å². The molecule has 1 fully saturated rings. The molecule has 100 valence electrons. The van der Waals surface area contributed by atoms with Gasteiger partial charge in [-0.05, 0) is 32.4 Å². The maximum atomic E-state index is 5.66. The molecule has 0 radical (unpaired) electrons. The Kier molecular flexibility index (Phi) is 5.20. The summed E-state index contributed by atoms with van der Waals surface area (Å²) >= 11 is 0. The van der Waals surface area contributed by atoms with Crippen LogP contribution in [0.4, 0.5) is 5.82 Å². The van der Waals surface area contributed by atoms with E-state index in [-0.39, 0.29) is 0 Å². The molecule has 1 aliphatic rings. The van der Waals surface area contributed by atoms with E-state index in [0.717, 1.165) is 25.3 Å². The molecule has 0 saturated carbocycles. The van der Waals surface area contributed by atoms with E-state index < -0.39 is 0 Å². The molecule has 1 aromatic heterocycles. The molecule has 1 N–H and O–H groups in total. The largest absolute Gasteiger partial charge is 0.476 e. The first-order chi connectivity index (χ1) is 8.88. The molecule has 0 aliphatic carbocycles. The molecule has 0 atom stereocenters. The Morgan fingerprint density at radius 2 is 2.17 bits per heavy atom. The highest BCUT2D eigenvalue weighted by Crippen LogP contribution is 2.11. The van der Waals surface area contributed by atoms with Crippen LogP contribution < -0.4 is 10.1 Å². The van der Waals surface area contributed by atoms with Gasteiger partial charge in [-0.3, -0.25) is 4.90 Å². The lowest BCUT2D eigenvalue weighted by Gasteiger charge is -2.14. The first-order valence-corrected chi connectivity index (χ1v) is 6.79. The second-order valence-corrected chi connectivity index (χ2v) is 4.57. The van der Waals surface area contributed by atoms with Gasteiger partial charge in [0.05, 0.1) is 0 Å². The Labute approximate surface area is 109 Å². The van der Waals surface area contributed by atoms with Crippen LogP contribution in [0.5, 0.6) is 5.88 Å². The number of rotatable bonds is 7. The normalized spacial score (nSPS) is 15.8. The Balaban J connectivity index is 1.74. The Hall–Kier alpha value is -1.36. The van der Waals surface area contributed by atoms with Gasteiger partial charge in [0.15, 0.2) is 0 Å². The highest BCUT2D eigenvalue weighted by atomic mass is 16.5. The highest BCUT2D eigenvalue weighted by molar-refractivity contribution is 5.36. The number of nitrogens with zero attached hydrogens (tertiary/aromatic N) is 3. The van der Waals surface area contributed by atoms with Gasteiger partial charge in [0.25, 0.3) is 0 Å². The summed E-state index contributed by atoms with van der Waals surface area (Å²) in [5.41, 5.74) is 0. The van der Waals surface area contributed by atoms with Crippen molar-refractivity contribution in [3.63, 3.8) is 0 Å². The smallest absolute Gasteiger partial charge is 0.218 e. The number of anilines is 1.